The minimum Gasteiger partial charge on any atom is -0.465 e. The van der Waals surface area contributed by atoms with Gasteiger partial charge in [0, 0.05) is 86.0 Å². The van der Waals surface area contributed by atoms with Crippen molar-refractivity contribution in [3.8, 4) is 0 Å². The van der Waals surface area contributed by atoms with Crippen molar-refractivity contribution in [2.24, 2.45) is 59.2 Å². The summed E-state index contributed by atoms with van der Waals surface area (Å²) in [4.78, 5) is 27.3. The smallest absolute Gasteiger partial charge is 0.338 e. The molecule has 16 saturated heterocycles. The average Bonchev–Trinajstić information content (AvgIpc) is 0.912. The van der Waals surface area contributed by atoms with E-state index in [0.717, 1.165) is 136 Å². The van der Waals surface area contributed by atoms with E-state index in [1.54, 1.807) is 18.2 Å². The number of esters is 1. The first-order valence-electron chi connectivity index (χ1n) is 50.9. The Morgan fingerprint density at radius 1 is 0.338 bits per heavy atom. The number of ether oxygens (including phenoxy) is 1. The number of aliphatic hydroxyl groups is 5. The van der Waals surface area contributed by atoms with Crippen LogP contribution in [0.25, 0.3) is 0 Å². The van der Waals surface area contributed by atoms with Gasteiger partial charge in [-0.2, -0.15) is 0 Å². The largest absolute Gasteiger partial charge is 0.465 e. The third-order valence-corrected chi connectivity index (χ3v) is 33.9. The molecule has 16 aliphatic rings. The Morgan fingerprint density at radius 3 is 1.10 bits per heavy atom. The minimum absolute atomic E-state index is 0. The number of hydrogen-bond donors (Lipinski definition) is 5. The molecule has 13 nitrogen and oxygen atoms in total. The van der Waals surface area contributed by atoms with Gasteiger partial charge in [-0.1, -0.05) is 248 Å². The fraction of sp³-hybridized carbons (Fsp3) is 0.487. The SMILES string of the molecule is COC(=O)c1ccccc1CCC(O)(c1ccccc1)C1CN2CCC1CC2.Cc1cccc(CC(O)(c2ccccc2C)C2CN3CCC2CC3)c1.Cc1ccccc1C(O)(CCc1ccccc1)C1CN2CCC1CC2.Cc1ccccc1C(O)(Cc1ccc(F)cc1)C1CN2CCC1CC2.OC(CCc1cccc(CN2CCCC2)c1)(c1ccccc1)C1CN2CCC1CC2.[HH].[HH].[HH]. The number of methoxy groups -OCH3 is 1. The second-order valence-electron chi connectivity index (χ2n) is 41.9. The van der Waals surface area contributed by atoms with E-state index in [1.165, 1.54) is 188 Å². The number of carbonyl (C=O) groups excluding carboxylic acids is 1. The Kier molecular flexibility index (Phi) is 31.5. The van der Waals surface area contributed by atoms with E-state index in [0.29, 0.717) is 78.6 Å². The zero-order valence-corrected chi connectivity index (χ0v) is 80.1. The number of nitrogens with zero attached hydrogens (tertiary/aromatic N) is 6. The Morgan fingerprint density at radius 2 is 0.677 bits per heavy atom. The number of aryl methyl sites for hydroxylation is 7. The fourth-order valence-corrected chi connectivity index (χ4v) is 26.4. The van der Waals surface area contributed by atoms with Crippen LogP contribution in [-0.2, 0) is 71.4 Å². The molecule has 0 radical (unpaired) electrons. The summed E-state index contributed by atoms with van der Waals surface area (Å²) in [5.74, 6) is 3.98. The van der Waals surface area contributed by atoms with Gasteiger partial charge >= 0.3 is 5.97 Å². The zero-order valence-electron chi connectivity index (χ0n) is 80.1. The van der Waals surface area contributed by atoms with Crippen molar-refractivity contribution in [2.45, 2.75) is 191 Å². The number of piperidine rings is 15. The molecule has 0 aromatic heterocycles. The van der Waals surface area contributed by atoms with Crippen LogP contribution in [0.3, 0.4) is 0 Å². The van der Waals surface area contributed by atoms with E-state index in [1.807, 2.05) is 60.7 Å². The predicted molar refractivity (Wildman–Crippen MR) is 541 cm³/mol. The summed E-state index contributed by atoms with van der Waals surface area (Å²) in [5, 5.41) is 60.4. The molecule has 0 amide bonds. The van der Waals surface area contributed by atoms with Crippen molar-refractivity contribution in [1.29, 1.82) is 0 Å². The number of benzene rings is 10. The van der Waals surface area contributed by atoms with Gasteiger partial charge in [0.25, 0.3) is 0 Å². The van der Waals surface area contributed by atoms with Gasteiger partial charge in [0.2, 0.25) is 0 Å². The Bertz CT molecular complexity index is 5390. The van der Waals surface area contributed by atoms with Crippen molar-refractivity contribution < 1.29 is 43.7 Å². The number of hydrogen-bond acceptors (Lipinski definition) is 13. The lowest BCUT2D eigenvalue weighted by Crippen LogP contribution is -2.56. The van der Waals surface area contributed by atoms with Crippen molar-refractivity contribution in [3.05, 3.63) is 356 Å². The first-order valence-corrected chi connectivity index (χ1v) is 50.9. The lowest BCUT2D eigenvalue weighted by atomic mass is 9.65. The van der Waals surface area contributed by atoms with E-state index in [2.05, 4.69) is 227 Å². The number of halogens is 1. The number of carbonyl (C=O) groups is 1. The Hall–Kier alpha value is -8.84. The van der Waals surface area contributed by atoms with Gasteiger partial charge in [0.1, 0.15) is 5.82 Å². The summed E-state index contributed by atoms with van der Waals surface area (Å²) < 4.78 is 18.3. The summed E-state index contributed by atoms with van der Waals surface area (Å²) in [6.45, 7) is 28.9. The van der Waals surface area contributed by atoms with Gasteiger partial charge < -0.3 is 54.8 Å². The van der Waals surface area contributed by atoms with Gasteiger partial charge in [-0.25, -0.2) is 9.18 Å². The molecule has 10 unspecified atom stereocenters. The zero-order chi connectivity index (χ0) is 92.1. The maximum atomic E-state index is 13.3. The topological polar surface area (TPSA) is 147 Å². The molecular formula is C119H155FN6O7. The molecule has 10 aromatic carbocycles. The lowest BCUT2D eigenvalue weighted by Gasteiger charge is -2.51. The molecule has 10 atom stereocenters. The summed E-state index contributed by atoms with van der Waals surface area (Å²) >= 11 is 0. The highest BCUT2D eigenvalue weighted by Crippen LogP contribution is 2.53. The third kappa shape index (κ3) is 22.4. The van der Waals surface area contributed by atoms with Gasteiger partial charge in [0.15, 0.2) is 0 Å². The molecular weight excluding hydrogens is 1640 g/mol. The predicted octanol–water partition coefficient (Wildman–Crippen LogP) is 21.0. The molecule has 16 fully saturated rings. The van der Waals surface area contributed by atoms with E-state index in [4.69, 9.17) is 4.74 Å². The van der Waals surface area contributed by atoms with Crippen molar-refractivity contribution >= 4 is 5.97 Å². The molecule has 10 aromatic rings. The second-order valence-corrected chi connectivity index (χ2v) is 41.9. The standard InChI is InChI=1S/C27H36N2O.C24H29NO3.2C23H29NO.C22H26FNO.3H2/c30-27(25-9-2-1-3-10-25,26-21-29-17-12-24(26)13-18-29)14-11-22-7-6-8-23(19-22)20-28-15-4-5-16-28;1-28-23(26)21-10-6-5-7-18(21)11-14-24(27,20-8-3-2-4-9-20)22-17-25-15-12-19(22)13-16-25;1-17-6-5-8-19(14-17)15-23(25,21-9-4-3-7-18(21)2)22-16-24-12-10-20(22)11-13-24;1-18-7-5-6-10-21(18)23(25,14-11-19-8-3-2-4-9-19)22-17-24-15-12-20(22)13-16-24;1-16-4-2-3-5-20(16)22(25,14-17-6-8-19(23)9-7-17)21-15-24-12-10-18(21)11-13-24;;;/h1-3,6-10,19,24,26,30H,4-5,11-18,20-21H2;2-10,19,22,27H,11-17H2,1H3;3-9,14,20,22,25H,10-13,15-16H2,1-2H3;2-10,20,22,25H,11-17H2,1H3;2-9,18,21,25H,10-15H2,1H3;3*1H. The quantitative estimate of drug-likeness (QED) is 0.0328. The van der Waals surface area contributed by atoms with Crippen LogP contribution < -0.4 is 0 Å². The highest BCUT2D eigenvalue weighted by atomic mass is 19.1. The van der Waals surface area contributed by atoms with Crippen LogP contribution in [-0.4, -0.2) is 179 Å². The molecule has 5 N–H and O–H groups in total. The molecule has 710 valence electrons. The average molecular weight is 1800 g/mol. The number of fused-ring (bicyclic) bond motifs is 15. The molecule has 133 heavy (non-hydrogen) atoms. The third-order valence-electron chi connectivity index (χ3n) is 33.9. The second kappa shape index (κ2) is 43.7. The molecule has 10 bridgehead atoms. The molecule has 14 heteroatoms. The summed E-state index contributed by atoms with van der Waals surface area (Å²) in [5.41, 5.74) is 14.0. The van der Waals surface area contributed by atoms with Crippen molar-refractivity contribution in [1.82, 2.24) is 29.4 Å². The van der Waals surface area contributed by atoms with Crippen LogP contribution in [0, 0.1) is 92.7 Å². The molecule has 26 rings (SSSR count). The summed E-state index contributed by atoms with van der Waals surface area (Å²) in [6, 6.07) is 88.1. The van der Waals surface area contributed by atoms with Crippen LogP contribution in [0.5, 0.6) is 0 Å². The van der Waals surface area contributed by atoms with Crippen LogP contribution in [0.1, 0.15) is 194 Å². The van der Waals surface area contributed by atoms with Gasteiger partial charge in [0.05, 0.1) is 40.7 Å². The molecule has 0 spiro atoms. The minimum atomic E-state index is -0.910. The number of likely N-dealkylation sites (tertiary alicyclic amines) is 1. The van der Waals surface area contributed by atoms with Gasteiger partial charge in [-0.3, -0.25) is 4.90 Å². The molecule has 16 heterocycles. The maximum Gasteiger partial charge on any atom is 0.338 e. The number of rotatable bonds is 26. The van der Waals surface area contributed by atoms with Crippen molar-refractivity contribution in [3.63, 3.8) is 0 Å². The molecule has 16 aliphatic heterocycles. The van der Waals surface area contributed by atoms with E-state index in [9.17, 15) is 34.7 Å². The summed E-state index contributed by atoms with van der Waals surface area (Å²) in [7, 11) is 1.41. The maximum absolute atomic E-state index is 13.3. The monoisotopic (exact) mass is 1800 g/mol. The normalized spacial score (nSPS) is 27.6. The fourth-order valence-electron chi connectivity index (χ4n) is 26.4. The lowest BCUT2D eigenvalue weighted by molar-refractivity contribution is -0.107. The van der Waals surface area contributed by atoms with E-state index < -0.39 is 28.0 Å². The summed E-state index contributed by atoms with van der Waals surface area (Å²) in [6.07, 6.45) is 20.7. The van der Waals surface area contributed by atoms with Crippen LogP contribution in [0.4, 0.5) is 4.39 Å². The first kappa shape index (κ1) is 95.9. The van der Waals surface area contributed by atoms with E-state index >= 15 is 0 Å². The Balaban J connectivity index is 0.000000136. The molecule has 0 aliphatic carbocycles. The highest BCUT2D eigenvalue weighted by molar-refractivity contribution is 5.91. The highest BCUT2D eigenvalue weighted by Gasteiger charge is 2.54. The van der Waals surface area contributed by atoms with Crippen LogP contribution in [0.15, 0.2) is 261 Å². The first-order chi connectivity index (χ1) is 64.6. The Labute approximate surface area is 798 Å². The van der Waals surface area contributed by atoms with E-state index in [-0.39, 0.29) is 27.9 Å². The van der Waals surface area contributed by atoms with Crippen LogP contribution in [0.2, 0.25) is 0 Å². The molecule has 0 saturated carbocycles. The van der Waals surface area contributed by atoms with Gasteiger partial charge in [-0.15, -0.1) is 0 Å². The van der Waals surface area contributed by atoms with Gasteiger partial charge in [-0.05, 0) is 347 Å². The van der Waals surface area contributed by atoms with Crippen LogP contribution >= 0.6 is 0 Å². The van der Waals surface area contributed by atoms with Crippen molar-refractivity contribution in [2.75, 3.05) is 118 Å².